The number of nitrogens with zero attached hydrogens (tertiary/aromatic N) is 1. The predicted molar refractivity (Wildman–Crippen MR) is 83.6 cm³/mol. The Morgan fingerprint density at radius 1 is 1.14 bits per heavy atom. The van der Waals surface area contributed by atoms with Crippen molar-refractivity contribution in [1.29, 1.82) is 0 Å². The van der Waals surface area contributed by atoms with E-state index in [1.807, 2.05) is 0 Å². The molecule has 2 atom stereocenters. The average Bonchev–Trinajstić information content (AvgIpc) is 2.45. The first kappa shape index (κ1) is 14.0. The minimum atomic E-state index is 0.0362. The van der Waals surface area contributed by atoms with E-state index in [0.717, 1.165) is 43.7 Å². The van der Waals surface area contributed by atoms with Crippen LogP contribution in [-0.4, -0.2) is 29.9 Å². The van der Waals surface area contributed by atoms with Crippen molar-refractivity contribution in [2.24, 2.45) is 34.8 Å². The van der Waals surface area contributed by atoms with E-state index < -0.39 is 0 Å². The number of piperidine rings is 1. The molecule has 1 amide bonds. The van der Waals surface area contributed by atoms with E-state index in [2.05, 4.69) is 11.8 Å². The molecule has 0 radical (unpaired) electrons. The van der Waals surface area contributed by atoms with Gasteiger partial charge in [-0.25, -0.2) is 0 Å². The summed E-state index contributed by atoms with van der Waals surface area (Å²) in [7, 11) is 0. The molecule has 5 fully saturated rings. The molecule has 0 spiro atoms. The third-order valence-corrected chi connectivity index (χ3v) is 7.10. The first-order valence-electron chi connectivity index (χ1n) is 9.14. The lowest BCUT2D eigenvalue weighted by Crippen LogP contribution is -2.58. The van der Waals surface area contributed by atoms with Gasteiger partial charge >= 0.3 is 0 Å². The third-order valence-electron chi connectivity index (χ3n) is 7.10. The maximum Gasteiger partial charge on any atom is 0.228 e. The lowest BCUT2D eigenvalue weighted by molar-refractivity contribution is -0.159. The number of hydrogen-bond donors (Lipinski definition) is 1. The molecule has 1 saturated heterocycles. The molecule has 3 nitrogen and oxygen atoms in total. The minimum Gasteiger partial charge on any atom is -0.342 e. The molecule has 1 heterocycles. The summed E-state index contributed by atoms with van der Waals surface area (Å²) in [5, 5.41) is 0. The molecular formula is C18H30N2O. The van der Waals surface area contributed by atoms with Crippen LogP contribution >= 0.6 is 0 Å². The molecule has 4 saturated carbocycles. The number of amides is 1. The van der Waals surface area contributed by atoms with Gasteiger partial charge in [0, 0.05) is 19.1 Å². The van der Waals surface area contributed by atoms with E-state index >= 15 is 0 Å². The van der Waals surface area contributed by atoms with Gasteiger partial charge in [-0.05, 0) is 68.6 Å². The van der Waals surface area contributed by atoms with Crippen LogP contribution in [-0.2, 0) is 4.79 Å². The number of carbonyl (C=O) groups is 1. The van der Waals surface area contributed by atoms with Crippen LogP contribution in [0.4, 0.5) is 0 Å². The topological polar surface area (TPSA) is 46.3 Å². The lowest BCUT2D eigenvalue weighted by atomic mass is 9.49. The number of carbonyl (C=O) groups excluding carboxylic acids is 1. The quantitative estimate of drug-likeness (QED) is 0.850. The summed E-state index contributed by atoms with van der Waals surface area (Å²) < 4.78 is 0. The molecule has 0 aromatic rings. The van der Waals surface area contributed by atoms with Gasteiger partial charge in [0.15, 0.2) is 0 Å². The molecule has 5 rings (SSSR count). The van der Waals surface area contributed by atoms with Crippen molar-refractivity contribution in [1.82, 2.24) is 4.90 Å². The maximum atomic E-state index is 13.3. The summed E-state index contributed by atoms with van der Waals surface area (Å²) >= 11 is 0. The molecule has 2 unspecified atom stereocenters. The third kappa shape index (κ3) is 2.23. The van der Waals surface area contributed by atoms with Gasteiger partial charge in [-0.15, -0.1) is 0 Å². The smallest absolute Gasteiger partial charge is 0.228 e. The fourth-order valence-electron chi connectivity index (χ4n) is 6.37. The van der Waals surface area contributed by atoms with Crippen LogP contribution in [0.3, 0.4) is 0 Å². The Labute approximate surface area is 128 Å². The van der Waals surface area contributed by atoms with E-state index in [1.165, 1.54) is 38.5 Å². The van der Waals surface area contributed by atoms with Gasteiger partial charge in [0.1, 0.15) is 0 Å². The Morgan fingerprint density at radius 3 is 2.24 bits per heavy atom. The predicted octanol–water partition coefficient (Wildman–Crippen LogP) is 2.79. The van der Waals surface area contributed by atoms with Crippen LogP contribution in [0.25, 0.3) is 0 Å². The van der Waals surface area contributed by atoms with E-state index in [1.54, 1.807) is 0 Å². The zero-order valence-corrected chi connectivity index (χ0v) is 13.4. The highest BCUT2D eigenvalue weighted by Gasteiger charge is 2.55. The summed E-state index contributed by atoms with van der Waals surface area (Å²) in [4.78, 5) is 15.5. The standard InChI is InChI=1S/C18H30N2O/c1-2-15-11-20(4-3-16(15)19)17(21)18-8-12-5-13(9-18)7-14(6-12)10-18/h12-16H,2-11,19H2,1H3. The maximum absolute atomic E-state index is 13.3. The summed E-state index contributed by atoms with van der Waals surface area (Å²) in [6, 6.07) is 0.301. The van der Waals surface area contributed by atoms with Crippen molar-refractivity contribution in [3.05, 3.63) is 0 Å². The second-order valence-electron chi connectivity index (χ2n) is 8.57. The highest BCUT2D eigenvalue weighted by Crippen LogP contribution is 2.60. The molecule has 4 aliphatic carbocycles. The lowest BCUT2D eigenvalue weighted by Gasteiger charge is -2.57. The van der Waals surface area contributed by atoms with Crippen molar-refractivity contribution < 1.29 is 4.79 Å². The number of hydrogen-bond acceptors (Lipinski definition) is 2. The monoisotopic (exact) mass is 290 g/mol. The fraction of sp³-hybridized carbons (Fsp3) is 0.944. The number of rotatable bonds is 2. The van der Waals surface area contributed by atoms with Gasteiger partial charge in [-0.2, -0.15) is 0 Å². The van der Waals surface area contributed by atoms with Crippen LogP contribution in [0.5, 0.6) is 0 Å². The van der Waals surface area contributed by atoms with Crippen LogP contribution in [0.15, 0.2) is 0 Å². The van der Waals surface area contributed by atoms with E-state index in [-0.39, 0.29) is 5.41 Å². The van der Waals surface area contributed by atoms with Gasteiger partial charge in [0.2, 0.25) is 5.91 Å². The second-order valence-corrected chi connectivity index (χ2v) is 8.57. The molecule has 118 valence electrons. The summed E-state index contributed by atoms with van der Waals surface area (Å²) in [6.07, 6.45) is 9.91. The average molecular weight is 290 g/mol. The molecule has 4 bridgehead atoms. The summed E-state index contributed by atoms with van der Waals surface area (Å²) in [5.41, 5.74) is 6.26. The highest BCUT2D eigenvalue weighted by molar-refractivity contribution is 5.83. The Bertz CT molecular complexity index is 398. The number of nitrogens with two attached hydrogens (primary N) is 1. The Morgan fingerprint density at radius 2 is 1.71 bits per heavy atom. The van der Waals surface area contributed by atoms with Crippen molar-refractivity contribution in [3.8, 4) is 0 Å². The molecule has 2 N–H and O–H groups in total. The first-order valence-corrected chi connectivity index (χ1v) is 9.14. The largest absolute Gasteiger partial charge is 0.342 e. The van der Waals surface area contributed by atoms with Gasteiger partial charge in [0.25, 0.3) is 0 Å². The normalized spacial score (nSPS) is 48.7. The molecule has 1 aliphatic heterocycles. The summed E-state index contributed by atoms with van der Waals surface area (Å²) in [5.74, 6) is 3.58. The molecule has 3 heteroatoms. The van der Waals surface area contributed by atoms with Crippen LogP contribution in [0.2, 0.25) is 0 Å². The van der Waals surface area contributed by atoms with Gasteiger partial charge in [-0.1, -0.05) is 13.3 Å². The zero-order valence-electron chi connectivity index (χ0n) is 13.4. The minimum absolute atomic E-state index is 0.0362. The second kappa shape index (κ2) is 4.97. The Balaban J connectivity index is 1.52. The molecule has 0 aromatic heterocycles. The molecule has 0 aromatic carbocycles. The Kier molecular flexibility index (Phi) is 3.33. The van der Waals surface area contributed by atoms with E-state index in [4.69, 9.17) is 5.73 Å². The van der Waals surface area contributed by atoms with Gasteiger partial charge < -0.3 is 10.6 Å². The van der Waals surface area contributed by atoms with Crippen LogP contribution in [0, 0.1) is 29.1 Å². The van der Waals surface area contributed by atoms with Gasteiger partial charge in [-0.3, -0.25) is 4.79 Å². The van der Waals surface area contributed by atoms with Crippen LogP contribution < -0.4 is 5.73 Å². The summed E-state index contributed by atoms with van der Waals surface area (Å²) in [6.45, 7) is 4.03. The molecule has 21 heavy (non-hydrogen) atoms. The van der Waals surface area contributed by atoms with Crippen molar-refractivity contribution in [3.63, 3.8) is 0 Å². The Hall–Kier alpha value is -0.570. The van der Waals surface area contributed by atoms with Gasteiger partial charge in [0.05, 0.1) is 5.41 Å². The zero-order chi connectivity index (χ0) is 14.6. The SMILES string of the molecule is CCC1CN(C(=O)C23CC4CC(CC(C4)C2)C3)CCC1N. The molecular weight excluding hydrogens is 260 g/mol. The number of likely N-dealkylation sites (tertiary alicyclic amines) is 1. The first-order chi connectivity index (χ1) is 10.1. The van der Waals surface area contributed by atoms with Crippen LogP contribution in [0.1, 0.15) is 58.3 Å². The van der Waals surface area contributed by atoms with Crippen molar-refractivity contribution in [2.75, 3.05) is 13.1 Å². The van der Waals surface area contributed by atoms with E-state index in [0.29, 0.717) is 17.9 Å². The fourth-order valence-corrected chi connectivity index (χ4v) is 6.37. The van der Waals surface area contributed by atoms with Crippen molar-refractivity contribution in [2.45, 2.75) is 64.3 Å². The van der Waals surface area contributed by atoms with E-state index in [9.17, 15) is 4.79 Å². The highest BCUT2D eigenvalue weighted by atomic mass is 16.2. The molecule has 5 aliphatic rings. The van der Waals surface area contributed by atoms with Crippen molar-refractivity contribution >= 4 is 5.91 Å².